The maximum atomic E-state index is 4.22. The highest BCUT2D eigenvalue weighted by Crippen LogP contribution is 2.06. The minimum Gasteiger partial charge on any atom is -0.307 e. The lowest BCUT2D eigenvalue weighted by Crippen LogP contribution is -2.31. The third-order valence-electron chi connectivity index (χ3n) is 2.58. The predicted molar refractivity (Wildman–Crippen MR) is 54.8 cm³/mol. The lowest BCUT2D eigenvalue weighted by Gasteiger charge is -2.11. The molecule has 1 aromatic rings. The van der Waals surface area contributed by atoms with Crippen LogP contribution < -0.4 is 5.32 Å². The van der Waals surface area contributed by atoms with Gasteiger partial charge in [-0.3, -0.25) is 9.97 Å². The molecular formula is C10H16N4. The highest BCUT2D eigenvalue weighted by Gasteiger charge is 2.18. The van der Waals surface area contributed by atoms with Gasteiger partial charge in [-0.15, -0.1) is 0 Å². The van der Waals surface area contributed by atoms with Crippen molar-refractivity contribution in [3.05, 3.63) is 24.3 Å². The Morgan fingerprint density at radius 1 is 1.57 bits per heavy atom. The number of nitrogens with zero attached hydrogens (tertiary/aromatic N) is 3. The predicted octanol–water partition coefficient (Wildman–Crippen LogP) is 0.270. The summed E-state index contributed by atoms with van der Waals surface area (Å²) >= 11 is 0. The molecule has 1 unspecified atom stereocenters. The molecule has 4 heteroatoms. The van der Waals surface area contributed by atoms with E-state index < -0.39 is 0 Å². The zero-order valence-electron chi connectivity index (χ0n) is 8.48. The van der Waals surface area contributed by atoms with Gasteiger partial charge in [0.1, 0.15) is 0 Å². The van der Waals surface area contributed by atoms with Crippen molar-refractivity contribution in [2.75, 3.05) is 20.1 Å². The largest absolute Gasteiger partial charge is 0.307 e. The Hall–Kier alpha value is -1.00. The lowest BCUT2D eigenvalue weighted by atomic mass is 10.2. The first-order chi connectivity index (χ1) is 6.84. The molecule has 0 radical (unpaired) electrons. The summed E-state index contributed by atoms with van der Waals surface area (Å²) in [6.45, 7) is 3.16. The number of aromatic nitrogens is 2. The molecule has 0 amide bonds. The second kappa shape index (κ2) is 4.48. The van der Waals surface area contributed by atoms with E-state index in [4.69, 9.17) is 0 Å². The minimum absolute atomic E-state index is 0.613. The molecule has 14 heavy (non-hydrogen) atoms. The van der Waals surface area contributed by atoms with Gasteiger partial charge in [0.15, 0.2) is 0 Å². The molecule has 1 aliphatic rings. The van der Waals surface area contributed by atoms with Crippen LogP contribution in [-0.4, -0.2) is 41.0 Å². The molecule has 0 saturated carbocycles. The van der Waals surface area contributed by atoms with Crippen LogP contribution in [0.2, 0.25) is 0 Å². The number of hydrogen-bond acceptors (Lipinski definition) is 4. The molecule has 0 bridgehead atoms. The fourth-order valence-electron chi connectivity index (χ4n) is 1.77. The van der Waals surface area contributed by atoms with E-state index in [-0.39, 0.29) is 0 Å². The summed E-state index contributed by atoms with van der Waals surface area (Å²) in [7, 11) is 2.16. The maximum Gasteiger partial charge on any atom is 0.0724 e. The second-order valence-electron chi connectivity index (χ2n) is 3.83. The molecule has 0 aromatic carbocycles. The molecule has 0 aliphatic carbocycles. The highest BCUT2D eigenvalue weighted by molar-refractivity contribution is 4.94. The first-order valence-corrected chi connectivity index (χ1v) is 5.01. The second-order valence-corrected chi connectivity index (χ2v) is 3.83. The van der Waals surface area contributed by atoms with Gasteiger partial charge in [-0.05, 0) is 20.0 Å². The average molecular weight is 192 g/mol. The molecule has 4 nitrogen and oxygen atoms in total. The van der Waals surface area contributed by atoms with Crippen molar-refractivity contribution in [1.82, 2.24) is 20.2 Å². The average Bonchev–Trinajstić information content (AvgIpc) is 2.63. The number of likely N-dealkylation sites (tertiary alicyclic amines) is 1. The Labute approximate surface area is 84.4 Å². The van der Waals surface area contributed by atoms with E-state index in [2.05, 4.69) is 27.2 Å². The lowest BCUT2D eigenvalue weighted by molar-refractivity contribution is 0.397. The Morgan fingerprint density at radius 2 is 2.50 bits per heavy atom. The molecule has 1 N–H and O–H groups in total. The fraction of sp³-hybridized carbons (Fsp3) is 0.600. The van der Waals surface area contributed by atoms with Crippen molar-refractivity contribution in [1.29, 1.82) is 0 Å². The molecule has 1 aliphatic heterocycles. The van der Waals surface area contributed by atoms with Crippen molar-refractivity contribution >= 4 is 0 Å². The Kier molecular flexibility index (Phi) is 3.06. The van der Waals surface area contributed by atoms with Crippen LogP contribution in [0.25, 0.3) is 0 Å². The van der Waals surface area contributed by atoms with E-state index in [9.17, 15) is 0 Å². The number of nitrogens with one attached hydrogen (secondary N) is 1. The van der Waals surface area contributed by atoms with Gasteiger partial charge in [-0.25, -0.2) is 0 Å². The molecule has 1 fully saturated rings. The summed E-state index contributed by atoms with van der Waals surface area (Å²) in [4.78, 5) is 10.6. The van der Waals surface area contributed by atoms with Crippen LogP contribution in [0.15, 0.2) is 18.6 Å². The third-order valence-corrected chi connectivity index (χ3v) is 2.58. The summed E-state index contributed by atoms with van der Waals surface area (Å²) in [5, 5.41) is 3.48. The van der Waals surface area contributed by atoms with Crippen LogP contribution in [-0.2, 0) is 6.54 Å². The van der Waals surface area contributed by atoms with Gasteiger partial charge in [-0.1, -0.05) is 0 Å². The third kappa shape index (κ3) is 2.49. The van der Waals surface area contributed by atoms with Crippen LogP contribution in [0.3, 0.4) is 0 Å². The first kappa shape index (κ1) is 9.55. The Morgan fingerprint density at radius 3 is 3.14 bits per heavy atom. The van der Waals surface area contributed by atoms with Crippen molar-refractivity contribution in [3.63, 3.8) is 0 Å². The molecule has 76 valence electrons. The van der Waals surface area contributed by atoms with Crippen LogP contribution in [0.5, 0.6) is 0 Å². The van der Waals surface area contributed by atoms with Gasteiger partial charge in [0.2, 0.25) is 0 Å². The molecule has 1 atom stereocenters. The van der Waals surface area contributed by atoms with Crippen molar-refractivity contribution in [2.45, 2.75) is 19.0 Å². The molecule has 1 saturated heterocycles. The zero-order valence-corrected chi connectivity index (χ0v) is 8.48. The first-order valence-electron chi connectivity index (χ1n) is 5.01. The van der Waals surface area contributed by atoms with E-state index in [1.807, 2.05) is 6.20 Å². The summed E-state index contributed by atoms with van der Waals surface area (Å²) in [5.41, 5.74) is 1.02. The summed E-state index contributed by atoms with van der Waals surface area (Å²) in [5.74, 6) is 0. The molecular weight excluding hydrogens is 176 g/mol. The van der Waals surface area contributed by atoms with E-state index in [1.54, 1.807) is 12.4 Å². The summed E-state index contributed by atoms with van der Waals surface area (Å²) in [6.07, 6.45) is 6.48. The topological polar surface area (TPSA) is 41.0 Å². The van der Waals surface area contributed by atoms with Gasteiger partial charge in [0, 0.05) is 37.7 Å². The normalized spacial score (nSPS) is 22.8. The minimum atomic E-state index is 0.613. The molecule has 0 spiro atoms. The Bertz CT molecular complexity index is 275. The van der Waals surface area contributed by atoms with Crippen molar-refractivity contribution in [3.8, 4) is 0 Å². The van der Waals surface area contributed by atoms with Gasteiger partial charge < -0.3 is 10.2 Å². The van der Waals surface area contributed by atoms with Crippen LogP contribution >= 0.6 is 0 Å². The molecule has 1 aromatic heterocycles. The monoisotopic (exact) mass is 192 g/mol. The van der Waals surface area contributed by atoms with E-state index in [0.29, 0.717) is 6.04 Å². The SMILES string of the molecule is CN1CCC(NCc2cnccn2)C1. The quantitative estimate of drug-likeness (QED) is 0.746. The van der Waals surface area contributed by atoms with Gasteiger partial charge in [0.05, 0.1) is 5.69 Å². The van der Waals surface area contributed by atoms with Crippen molar-refractivity contribution < 1.29 is 0 Å². The number of rotatable bonds is 3. The van der Waals surface area contributed by atoms with Gasteiger partial charge >= 0.3 is 0 Å². The number of likely N-dealkylation sites (N-methyl/N-ethyl adjacent to an activating group) is 1. The highest BCUT2D eigenvalue weighted by atomic mass is 15.2. The van der Waals surface area contributed by atoms with Gasteiger partial charge in [0.25, 0.3) is 0 Å². The number of hydrogen-bond donors (Lipinski definition) is 1. The smallest absolute Gasteiger partial charge is 0.0724 e. The molecule has 2 heterocycles. The van der Waals surface area contributed by atoms with Crippen LogP contribution in [0.1, 0.15) is 12.1 Å². The standard InChI is InChI=1S/C10H16N4/c1-14-5-2-9(8-14)13-7-10-6-11-3-4-12-10/h3-4,6,9,13H,2,5,7-8H2,1H3. The van der Waals surface area contributed by atoms with Crippen LogP contribution in [0.4, 0.5) is 0 Å². The van der Waals surface area contributed by atoms with E-state index >= 15 is 0 Å². The maximum absolute atomic E-state index is 4.22. The Balaban J connectivity index is 1.78. The van der Waals surface area contributed by atoms with Crippen LogP contribution in [0, 0.1) is 0 Å². The fourth-order valence-corrected chi connectivity index (χ4v) is 1.77. The van der Waals surface area contributed by atoms with Gasteiger partial charge in [-0.2, -0.15) is 0 Å². The van der Waals surface area contributed by atoms with Crippen molar-refractivity contribution in [2.24, 2.45) is 0 Å². The zero-order chi connectivity index (χ0) is 9.80. The summed E-state index contributed by atoms with van der Waals surface area (Å²) in [6, 6.07) is 0.613. The van der Waals surface area contributed by atoms with E-state index in [0.717, 1.165) is 18.8 Å². The van der Waals surface area contributed by atoms with E-state index in [1.165, 1.54) is 13.0 Å². The summed E-state index contributed by atoms with van der Waals surface area (Å²) < 4.78 is 0. The molecule has 2 rings (SSSR count).